The first-order valence-electron chi connectivity index (χ1n) is 17.4. The average Bonchev–Trinajstić information content (AvgIpc) is 3.78. The number of carbonyl (C=O) groups is 5. The number of aliphatic hydroxyl groups is 1. The van der Waals surface area contributed by atoms with Crippen LogP contribution in [0, 0.1) is 12.7 Å². The van der Waals surface area contributed by atoms with Crippen LogP contribution in [-0.2, 0) is 58.6 Å². The number of cyclic esters (lactones) is 1. The van der Waals surface area contributed by atoms with Crippen LogP contribution in [0.1, 0.15) is 79.0 Å². The molecule has 0 bridgehead atoms. The van der Waals surface area contributed by atoms with Crippen molar-refractivity contribution < 1.29 is 52.8 Å². The molecule has 1 aromatic carbocycles. The SMILES string of the molecule is C/C=C(\COC(=O)N1CCC[C@H]1C(=O)O[C@]1(CC)C(=O)OCc2c1cc1n(c2=O)Cc2c-1nc1cc(F)c(C)c3c1c2[C@@H](NC(=O)CO)CC3)C(=O)O. The van der Waals surface area contributed by atoms with Crippen molar-refractivity contribution in [2.45, 2.75) is 83.7 Å². The number of esters is 2. The van der Waals surface area contributed by atoms with Gasteiger partial charge in [0, 0.05) is 29.1 Å². The number of pyridine rings is 2. The summed E-state index contributed by atoms with van der Waals surface area (Å²) in [6, 6.07) is 1.13. The third kappa shape index (κ3) is 5.62. The van der Waals surface area contributed by atoms with Gasteiger partial charge in [-0.25, -0.2) is 28.6 Å². The number of nitrogens with zero attached hydrogens (tertiary/aromatic N) is 3. The normalized spacial score (nSPS) is 21.4. The summed E-state index contributed by atoms with van der Waals surface area (Å²) in [6.07, 6.45) is 1.66. The van der Waals surface area contributed by atoms with Gasteiger partial charge in [-0.05, 0) is 68.7 Å². The Hall–Kier alpha value is -5.64. The molecule has 5 heterocycles. The highest BCUT2D eigenvalue weighted by Gasteiger charge is 2.52. The van der Waals surface area contributed by atoms with Crippen molar-refractivity contribution in [3.63, 3.8) is 0 Å². The van der Waals surface area contributed by atoms with Crippen molar-refractivity contribution in [1.82, 2.24) is 19.8 Å². The number of nitrogens with one attached hydrogen (secondary N) is 1. The molecule has 2 aromatic heterocycles. The first-order valence-corrected chi connectivity index (χ1v) is 17.4. The molecule has 0 saturated carbocycles. The zero-order chi connectivity index (χ0) is 37.9. The van der Waals surface area contributed by atoms with E-state index in [1.54, 1.807) is 19.9 Å². The van der Waals surface area contributed by atoms with E-state index in [2.05, 4.69) is 5.32 Å². The molecular formula is C37H37FN4O11. The molecule has 0 spiro atoms. The van der Waals surface area contributed by atoms with Crippen molar-refractivity contribution in [2.24, 2.45) is 0 Å². The van der Waals surface area contributed by atoms with Crippen LogP contribution < -0.4 is 10.9 Å². The number of aryl methyl sites for hydroxylation is 1. The highest BCUT2D eigenvalue weighted by molar-refractivity contribution is 5.94. The molecule has 0 radical (unpaired) electrons. The third-order valence-corrected chi connectivity index (χ3v) is 10.8. The number of rotatable bonds is 8. The number of likely N-dealkylation sites (tertiary alicyclic amines) is 1. The number of ether oxygens (including phenoxy) is 3. The fourth-order valence-corrected chi connectivity index (χ4v) is 8.06. The number of hydrogen-bond acceptors (Lipinski definition) is 11. The van der Waals surface area contributed by atoms with Gasteiger partial charge in [-0.3, -0.25) is 14.5 Å². The summed E-state index contributed by atoms with van der Waals surface area (Å²) in [4.78, 5) is 84.5. The van der Waals surface area contributed by atoms with Crippen LogP contribution in [0.2, 0.25) is 0 Å². The summed E-state index contributed by atoms with van der Waals surface area (Å²) in [7, 11) is 0. The maximum atomic E-state index is 15.2. The lowest BCUT2D eigenvalue weighted by atomic mass is 9.81. The minimum absolute atomic E-state index is 0.0409. The molecule has 3 atom stereocenters. The quantitative estimate of drug-likeness (QED) is 0.136. The second kappa shape index (κ2) is 13.4. The minimum Gasteiger partial charge on any atom is -0.478 e. The monoisotopic (exact) mass is 732 g/mol. The molecule has 1 aliphatic carbocycles. The number of aromatic nitrogens is 2. The first-order chi connectivity index (χ1) is 25.3. The molecule has 2 amide bonds. The first kappa shape index (κ1) is 35.7. The lowest BCUT2D eigenvalue weighted by Gasteiger charge is -2.37. The van der Waals surface area contributed by atoms with Crippen LogP contribution in [0.4, 0.5) is 9.18 Å². The molecule has 7 rings (SSSR count). The second-order valence-corrected chi connectivity index (χ2v) is 13.5. The van der Waals surface area contributed by atoms with Crippen molar-refractivity contribution in [2.75, 3.05) is 19.8 Å². The molecule has 16 heteroatoms. The van der Waals surface area contributed by atoms with Gasteiger partial charge in [0.25, 0.3) is 5.56 Å². The van der Waals surface area contributed by atoms with Gasteiger partial charge in [-0.2, -0.15) is 0 Å². The van der Waals surface area contributed by atoms with E-state index >= 15 is 4.39 Å². The Kier molecular flexibility index (Phi) is 9.04. The smallest absolute Gasteiger partial charge is 0.410 e. The fraction of sp³-hybridized carbons (Fsp3) is 0.432. The Morgan fingerprint density at radius 3 is 2.64 bits per heavy atom. The number of carboxylic acids is 1. The van der Waals surface area contributed by atoms with Crippen LogP contribution in [0.25, 0.3) is 22.3 Å². The maximum absolute atomic E-state index is 15.2. The van der Waals surface area contributed by atoms with E-state index in [4.69, 9.17) is 19.2 Å². The summed E-state index contributed by atoms with van der Waals surface area (Å²) in [5.41, 5.74) is 0.818. The van der Waals surface area contributed by atoms with Crippen LogP contribution in [0.3, 0.4) is 0 Å². The lowest BCUT2D eigenvalue weighted by molar-refractivity contribution is -0.191. The molecule has 1 fully saturated rings. The molecule has 0 unspecified atom stereocenters. The van der Waals surface area contributed by atoms with Gasteiger partial charge in [0.15, 0.2) is 0 Å². The molecule has 1 saturated heterocycles. The number of amides is 2. The highest BCUT2D eigenvalue weighted by atomic mass is 19.1. The molecular weight excluding hydrogens is 695 g/mol. The lowest BCUT2D eigenvalue weighted by Crippen LogP contribution is -2.51. The molecule has 3 aliphatic heterocycles. The van der Waals surface area contributed by atoms with Gasteiger partial charge in [-0.15, -0.1) is 0 Å². The van der Waals surface area contributed by atoms with Gasteiger partial charge in [-0.1, -0.05) is 13.0 Å². The number of benzene rings is 1. The van der Waals surface area contributed by atoms with Crippen molar-refractivity contribution in [3.8, 4) is 11.4 Å². The summed E-state index contributed by atoms with van der Waals surface area (Å²) in [5.74, 6) is -4.17. The number of carboxylic acid groups (broad SMARTS) is 1. The van der Waals surface area contributed by atoms with Gasteiger partial charge in [0.1, 0.15) is 31.7 Å². The Balaban J connectivity index is 1.30. The number of allylic oxidation sites excluding steroid dienone is 1. The standard InChI is InChI=1S/C37H37FN4O11/c1-4-18(33(46)47)15-52-36(50)41-10-6-7-26(41)34(48)53-37(5-2)22-11-27-31-20(13-42(27)32(45)21(22)16-51-35(37)49)30-24(39-28(44)14-43)9-8-19-17(3)23(38)12-25(40-31)29(19)30/h4,11-12,24,26,43H,5-10,13-16H2,1-3H3,(H,39,44)(H,46,47)/b18-4+/t24-,26-,37-/m0/s1. The zero-order valence-electron chi connectivity index (χ0n) is 29.2. The zero-order valence-corrected chi connectivity index (χ0v) is 29.2. The van der Waals surface area contributed by atoms with E-state index < -0.39 is 78.8 Å². The van der Waals surface area contributed by atoms with Gasteiger partial charge in [0.2, 0.25) is 11.5 Å². The third-order valence-electron chi connectivity index (χ3n) is 10.8. The summed E-state index contributed by atoms with van der Waals surface area (Å²) in [5, 5.41) is 22.3. The molecule has 4 aliphatic rings. The van der Waals surface area contributed by atoms with Crippen LogP contribution >= 0.6 is 0 Å². The van der Waals surface area contributed by atoms with Gasteiger partial charge in [0.05, 0.1) is 40.6 Å². The summed E-state index contributed by atoms with van der Waals surface area (Å²) in [6.45, 7) is 3.26. The number of aliphatic carboxylic acids is 1. The fourth-order valence-electron chi connectivity index (χ4n) is 8.06. The minimum atomic E-state index is -2.08. The molecule has 3 N–H and O–H groups in total. The summed E-state index contributed by atoms with van der Waals surface area (Å²) >= 11 is 0. The number of fused-ring (bicyclic) bond motifs is 5. The summed E-state index contributed by atoms with van der Waals surface area (Å²) < 4.78 is 33.4. The van der Waals surface area contributed by atoms with E-state index in [9.17, 15) is 39.0 Å². The Morgan fingerprint density at radius 2 is 1.94 bits per heavy atom. The van der Waals surface area contributed by atoms with Gasteiger partial charge >= 0.3 is 24.0 Å². The van der Waals surface area contributed by atoms with Crippen molar-refractivity contribution >= 4 is 40.8 Å². The molecule has 15 nitrogen and oxygen atoms in total. The number of carbonyl (C=O) groups excluding carboxylic acids is 4. The van der Waals surface area contributed by atoms with Crippen molar-refractivity contribution in [1.29, 1.82) is 0 Å². The van der Waals surface area contributed by atoms with Crippen molar-refractivity contribution in [3.05, 3.63) is 73.3 Å². The average molecular weight is 733 g/mol. The highest BCUT2D eigenvalue weighted by Crippen LogP contribution is 2.46. The second-order valence-electron chi connectivity index (χ2n) is 13.5. The Morgan fingerprint density at radius 1 is 1.17 bits per heavy atom. The van der Waals surface area contributed by atoms with E-state index in [0.29, 0.717) is 52.5 Å². The van der Waals surface area contributed by atoms with Crippen LogP contribution in [0.5, 0.6) is 0 Å². The Labute approximate surface area is 301 Å². The predicted octanol–water partition coefficient (Wildman–Crippen LogP) is 2.81. The molecule has 53 heavy (non-hydrogen) atoms. The van der Waals surface area contributed by atoms with Crippen LogP contribution in [0.15, 0.2) is 28.6 Å². The van der Waals surface area contributed by atoms with Gasteiger partial charge < -0.3 is 34.3 Å². The predicted molar refractivity (Wildman–Crippen MR) is 182 cm³/mol. The van der Waals surface area contributed by atoms with Crippen LogP contribution in [-0.4, -0.2) is 80.4 Å². The Bertz CT molecular complexity index is 2230. The van der Waals surface area contributed by atoms with E-state index in [1.807, 2.05) is 0 Å². The molecule has 3 aromatic rings. The molecule has 278 valence electrons. The number of aliphatic hydroxyl groups excluding tert-OH is 1. The van der Waals surface area contributed by atoms with E-state index in [-0.39, 0.29) is 48.3 Å². The largest absolute Gasteiger partial charge is 0.478 e. The maximum Gasteiger partial charge on any atom is 0.410 e. The van der Waals surface area contributed by atoms with E-state index in [0.717, 1.165) is 10.5 Å². The van der Waals surface area contributed by atoms with E-state index in [1.165, 1.54) is 23.6 Å². The topological polar surface area (TPSA) is 204 Å². The number of hydrogen-bond donors (Lipinski definition) is 3. The number of halogens is 1.